The van der Waals surface area contributed by atoms with Crippen molar-refractivity contribution in [3.05, 3.63) is 130 Å². The zero-order chi connectivity index (χ0) is 32.8. The highest BCUT2D eigenvalue weighted by molar-refractivity contribution is 7.91. The number of hydrogen-bond acceptors (Lipinski definition) is 6. The van der Waals surface area contributed by atoms with E-state index in [4.69, 9.17) is 11.6 Å². The molecule has 11 heteroatoms. The Hall–Kier alpha value is -4.38. The minimum absolute atomic E-state index is 0.132. The van der Waals surface area contributed by atoms with Crippen LogP contribution < -0.4 is 20.3 Å². The van der Waals surface area contributed by atoms with Gasteiger partial charge in [0.25, 0.3) is 0 Å². The van der Waals surface area contributed by atoms with E-state index in [-0.39, 0.29) is 17.6 Å². The third-order valence-electron chi connectivity index (χ3n) is 8.64. The van der Waals surface area contributed by atoms with Crippen LogP contribution in [0.3, 0.4) is 0 Å². The second kappa shape index (κ2) is 14.6. The number of piperazine rings is 1. The molecule has 1 unspecified atom stereocenters. The second-order valence-corrected chi connectivity index (χ2v) is 14.1. The highest BCUT2D eigenvalue weighted by Crippen LogP contribution is 2.29. The maximum absolute atomic E-state index is 14.1. The van der Waals surface area contributed by atoms with Gasteiger partial charge in [0.2, 0.25) is 21.8 Å². The van der Waals surface area contributed by atoms with Gasteiger partial charge in [0.15, 0.2) is 0 Å². The van der Waals surface area contributed by atoms with Crippen LogP contribution in [0.1, 0.15) is 28.3 Å². The molecule has 9 nitrogen and oxygen atoms in total. The largest absolute Gasteiger partial charge is 0.366 e. The first-order chi connectivity index (χ1) is 22.8. The Kier molecular flexibility index (Phi) is 10.1. The van der Waals surface area contributed by atoms with Gasteiger partial charge in [-0.05, 0) is 52.9 Å². The average Bonchev–Trinajstić information content (AvgIpc) is 3.08. The molecule has 0 bridgehead atoms. The van der Waals surface area contributed by atoms with Gasteiger partial charge in [0.05, 0.1) is 17.1 Å². The molecule has 0 spiro atoms. The quantitative estimate of drug-likeness (QED) is 0.228. The molecule has 244 valence electrons. The van der Waals surface area contributed by atoms with Crippen LogP contribution in [0.15, 0.2) is 103 Å². The molecule has 4 aromatic rings. The van der Waals surface area contributed by atoms with Gasteiger partial charge < -0.3 is 20.4 Å². The van der Waals surface area contributed by atoms with Crippen LogP contribution >= 0.6 is 11.6 Å². The molecule has 0 aliphatic carbocycles. The molecule has 2 amide bonds. The molecule has 4 aromatic carbocycles. The number of anilines is 2. The minimum atomic E-state index is -3.65. The van der Waals surface area contributed by atoms with E-state index in [0.29, 0.717) is 55.4 Å². The summed E-state index contributed by atoms with van der Waals surface area (Å²) < 4.78 is 28.8. The number of para-hydroxylation sites is 2. The lowest BCUT2D eigenvalue weighted by Gasteiger charge is -2.38. The molecule has 1 saturated heterocycles. The van der Waals surface area contributed by atoms with E-state index in [9.17, 15) is 18.0 Å². The monoisotopic (exact) mass is 671 g/mol. The van der Waals surface area contributed by atoms with E-state index in [1.807, 2.05) is 66.7 Å². The van der Waals surface area contributed by atoms with Crippen LogP contribution in [-0.2, 0) is 38.2 Å². The smallest absolute Gasteiger partial charge is 0.245 e. The Morgan fingerprint density at radius 3 is 2.28 bits per heavy atom. The number of carbonyl (C=O) groups is 2. The average molecular weight is 672 g/mol. The van der Waals surface area contributed by atoms with E-state index < -0.39 is 22.1 Å². The molecule has 3 N–H and O–H groups in total. The molecule has 0 radical (unpaired) electrons. The number of benzene rings is 4. The molecule has 2 atom stereocenters. The molecule has 0 saturated carbocycles. The number of halogens is 1. The number of nitrogens with zero attached hydrogens (tertiary/aromatic N) is 2. The van der Waals surface area contributed by atoms with Crippen molar-refractivity contribution in [2.75, 3.05) is 42.3 Å². The van der Waals surface area contributed by atoms with Gasteiger partial charge in [-0.2, -0.15) is 0 Å². The van der Waals surface area contributed by atoms with Crippen molar-refractivity contribution in [1.82, 2.24) is 15.5 Å². The fourth-order valence-electron chi connectivity index (χ4n) is 6.27. The van der Waals surface area contributed by atoms with Crippen LogP contribution in [0.25, 0.3) is 0 Å². The lowest BCUT2D eigenvalue weighted by molar-refractivity contribution is -0.137. The number of hydrogen-bond donors (Lipinski definition) is 3. The van der Waals surface area contributed by atoms with Crippen molar-refractivity contribution in [1.29, 1.82) is 0 Å². The van der Waals surface area contributed by atoms with Crippen LogP contribution in [0.4, 0.5) is 11.4 Å². The van der Waals surface area contributed by atoms with Gasteiger partial charge in [0, 0.05) is 44.2 Å². The first-order valence-corrected chi connectivity index (χ1v) is 17.8. The summed E-state index contributed by atoms with van der Waals surface area (Å²) in [5, 5.41) is 6.99. The van der Waals surface area contributed by atoms with E-state index >= 15 is 0 Å². The summed E-state index contributed by atoms with van der Waals surface area (Å²) in [7, 11) is -3.65. The molecule has 0 aromatic heterocycles. The Morgan fingerprint density at radius 1 is 0.830 bits per heavy atom. The maximum atomic E-state index is 14.1. The molecular formula is C36H38ClN5O4S. The van der Waals surface area contributed by atoms with Crippen molar-refractivity contribution in [2.24, 2.45) is 0 Å². The number of nitrogens with one attached hydrogen (secondary N) is 3. The lowest BCUT2D eigenvalue weighted by Crippen LogP contribution is -2.57. The van der Waals surface area contributed by atoms with Crippen molar-refractivity contribution >= 4 is 44.8 Å². The van der Waals surface area contributed by atoms with Gasteiger partial charge >= 0.3 is 0 Å². The third kappa shape index (κ3) is 8.13. The van der Waals surface area contributed by atoms with Gasteiger partial charge in [-0.1, -0.05) is 90.5 Å². The van der Waals surface area contributed by atoms with Crippen LogP contribution in [0.5, 0.6) is 0 Å². The highest BCUT2D eigenvalue weighted by atomic mass is 35.5. The zero-order valence-corrected chi connectivity index (χ0v) is 27.5. The van der Waals surface area contributed by atoms with Gasteiger partial charge in [-0.15, -0.1) is 0 Å². The lowest BCUT2D eigenvalue weighted by atomic mass is 9.93. The summed E-state index contributed by atoms with van der Waals surface area (Å²) in [6.45, 7) is 2.52. The highest BCUT2D eigenvalue weighted by Gasteiger charge is 2.33. The number of fused-ring (bicyclic) bond motifs is 1. The van der Waals surface area contributed by atoms with E-state index in [0.717, 1.165) is 28.8 Å². The number of rotatable bonds is 10. The number of sulfonamides is 1. The summed E-state index contributed by atoms with van der Waals surface area (Å²) in [5.74, 6) is -0.527. The topological polar surface area (TPSA) is 111 Å². The maximum Gasteiger partial charge on any atom is 0.245 e. The normalized spacial score (nSPS) is 17.0. The molecule has 2 heterocycles. The van der Waals surface area contributed by atoms with Crippen molar-refractivity contribution < 1.29 is 18.0 Å². The van der Waals surface area contributed by atoms with E-state index in [1.165, 1.54) is 0 Å². The standard InChI is InChI=1S/C36H38ClN5O4S/c37-29-16-14-26(15-17-29)24-32(39-35(43)34-30-11-5-4-10-28(30)18-19-38-34)36(44)42-22-20-41(21-23-42)33-13-7-6-12-31(33)40-47(45,46)25-27-8-2-1-3-9-27/h1-17,32,34,38,40H,18-25H2,(H,39,43)/t32-,34?/m1/s1. The van der Waals surface area contributed by atoms with Crippen LogP contribution in [0, 0.1) is 0 Å². The van der Waals surface area contributed by atoms with Crippen molar-refractivity contribution in [3.8, 4) is 0 Å². The molecular weight excluding hydrogens is 634 g/mol. The number of amides is 2. The molecule has 6 rings (SSSR count). The summed E-state index contributed by atoms with van der Waals surface area (Å²) in [6.07, 6.45) is 1.16. The molecule has 2 aliphatic rings. The van der Waals surface area contributed by atoms with Crippen LogP contribution in [0.2, 0.25) is 5.02 Å². The molecule has 47 heavy (non-hydrogen) atoms. The predicted molar refractivity (Wildman–Crippen MR) is 186 cm³/mol. The Morgan fingerprint density at radius 2 is 1.51 bits per heavy atom. The zero-order valence-electron chi connectivity index (χ0n) is 25.9. The third-order valence-corrected chi connectivity index (χ3v) is 10.1. The summed E-state index contributed by atoms with van der Waals surface area (Å²) >= 11 is 6.12. The molecule has 2 aliphatic heterocycles. The summed E-state index contributed by atoms with van der Waals surface area (Å²) in [5.41, 5.74) is 4.90. The summed E-state index contributed by atoms with van der Waals surface area (Å²) in [4.78, 5) is 31.6. The van der Waals surface area contributed by atoms with E-state index in [2.05, 4.69) is 20.3 Å². The van der Waals surface area contributed by atoms with Crippen LogP contribution in [-0.4, -0.2) is 63.9 Å². The Balaban J connectivity index is 1.15. The first kappa shape index (κ1) is 32.6. The second-order valence-electron chi connectivity index (χ2n) is 11.9. The van der Waals surface area contributed by atoms with E-state index in [1.54, 1.807) is 41.3 Å². The Bertz CT molecular complexity index is 1810. The van der Waals surface area contributed by atoms with Gasteiger partial charge in [-0.25, -0.2) is 8.42 Å². The van der Waals surface area contributed by atoms with Crippen molar-refractivity contribution in [2.45, 2.75) is 30.7 Å². The van der Waals surface area contributed by atoms with Gasteiger partial charge in [0.1, 0.15) is 12.1 Å². The minimum Gasteiger partial charge on any atom is -0.366 e. The summed E-state index contributed by atoms with van der Waals surface area (Å²) in [6, 6.07) is 30.3. The fourth-order valence-corrected chi connectivity index (χ4v) is 7.61. The Labute approximate surface area is 281 Å². The molecule has 1 fully saturated rings. The van der Waals surface area contributed by atoms with Gasteiger partial charge in [-0.3, -0.25) is 14.3 Å². The predicted octanol–water partition coefficient (Wildman–Crippen LogP) is 4.55. The number of carbonyl (C=O) groups excluding carboxylic acids is 2. The SMILES string of the molecule is O=C(N[C@H](Cc1ccc(Cl)cc1)C(=O)N1CCN(c2ccccc2NS(=O)(=O)Cc2ccccc2)CC1)C1NCCc2ccccc21. The van der Waals surface area contributed by atoms with Crippen molar-refractivity contribution in [3.63, 3.8) is 0 Å². The first-order valence-electron chi connectivity index (χ1n) is 15.8. The fraction of sp³-hybridized carbons (Fsp3) is 0.278.